The molecular weight excluding hydrogens is 186 g/mol. The minimum Gasteiger partial charge on any atom is -0.385 e. The van der Waals surface area contributed by atoms with E-state index in [0.717, 1.165) is 23.5 Å². The third-order valence-electron chi connectivity index (χ3n) is 2.10. The Labute approximate surface area is 89.2 Å². The Morgan fingerprint density at radius 1 is 1.27 bits per heavy atom. The Balaban J connectivity index is 2.33. The summed E-state index contributed by atoms with van der Waals surface area (Å²) in [5, 5.41) is 3.26. The predicted molar refractivity (Wildman–Crippen MR) is 61.6 cm³/mol. The summed E-state index contributed by atoms with van der Waals surface area (Å²) in [5.74, 6) is 0. The van der Waals surface area contributed by atoms with Gasteiger partial charge in [-0.25, -0.2) is 0 Å². The summed E-state index contributed by atoms with van der Waals surface area (Å²) in [6, 6.07) is 7.91. The van der Waals surface area contributed by atoms with Crippen LogP contribution < -0.4 is 5.32 Å². The fraction of sp³-hybridized carbons (Fsp3) is 0.167. The lowest BCUT2D eigenvalue weighted by atomic mass is 10.2. The summed E-state index contributed by atoms with van der Waals surface area (Å²) in [7, 11) is 0. The molecule has 0 unspecified atom stereocenters. The average molecular weight is 199 g/mol. The van der Waals surface area contributed by atoms with Gasteiger partial charge in [-0.1, -0.05) is 0 Å². The zero-order valence-electron chi connectivity index (χ0n) is 8.64. The van der Waals surface area contributed by atoms with Crippen molar-refractivity contribution in [3.63, 3.8) is 0 Å². The van der Waals surface area contributed by atoms with Crippen molar-refractivity contribution in [1.82, 2.24) is 9.97 Å². The van der Waals surface area contributed by atoms with Gasteiger partial charge in [-0.2, -0.15) is 0 Å². The quantitative estimate of drug-likeness (QED) is 0.825. The van der Waals surface area contributed by atoms with E-state index in [4.69, 9.17) is 0 Å². The molecule has 0 aliphatic carbocycles. The van der Waals surface area contributed by atoms with Crippen molar-refractivity contribution in [3.05, 3.63) is 42.9 Å². The second kappa shape index (κ2) is 4.55. The van der Waals surface area contributed by atoms with Crippen LogP contribution in [0.25, 0.3) is 11.3 Å². The highest BCUT2D eigenvalue weighted by atomic mass is 14.9. The van der Waals surface area contributed by atoms with Crippen molar-refractivity contribution in [2.45, 2.75) is 6.92 Å². The van der Waals surface area contributed by atoms with Gasteiger partial charge in [0.25, 0.3) is 0 Å². The average Bonchev–Trinajstić information content (AvgIpc) is 2.31. The molecule has 0 aromatic carbocycles. The molecule has 2 aromatic rings. The highest BCUT2D eigenvalue weighted by Crippen LogP contribution is 2.18. The summed E-state index contributed by atoms with van der Waals surface area (Å²) < 4.78 is 0. The standard InChI is InChI=1S/C12H13N3/c1-2-14-11-5-7-15-12(8-11)10-4-3-6-13-9-10/h3-9H,2H2,1H3,(H,14,15). The minimum atomic E-state index is 0.913. The topological polar surface area (TPSA) is 37.8 Å². The van der Waals surface area contributed by atoms with Gasteiger partial charge in [0.15, 0.2) is 0 Å². The first kappa shape index (κ1) is 9.65. The monoisotopic (exact) mass is 199 g/mol. The zero-order chi connectivity index (χ0) is 10.5. The van der Waals surface area contributed by atoms with Crippen molar-refractivity contribution >= 4 is 5.69 Å². The van der Waals surface area contributed by atoms with Crippen LogP contribution in [0.15, 0.2) is 42.9 Å². The summed E-state index contributed by atoms with van der Waals surface area (Å²) >= 11 is 0. The van der Waals surface area contributed by atoms with E-state index in [2.05, 4.69) is 22.2 Å². The van der Waals surface area contributed by atoms with Crippen LogP contribution in [0.1, 0.15) is 6.92 Å². The third kappa shape index (κ3) is 2.31. The van der Waals surface area contributed by atoms with Crippen LogP contribution in [0.5, 0.6) is 0 Å². The van der Waals surface area contributed by atoms with E-state index in [1.54, 1.807) is 12.4 Å². The van der Waals surface area contributed by atoms with E-state index < -0.39 is 0 Å². The Morgan fingerprint density at radius 2 is 2.20 bits per heavy atom. The Bertz CT molecular complexity index is 426. The minimum absolute atomic E-state index is 0.913. The number of pyridine rings is 2. The molecule has 2 heterocycles. The van der Waals surface area contributed by atoms with Crippen LogP contribution >= 0.6 is 0 Å². The van der Waals surface area contributed by atoms with Gasteiger partial charge in [0.05, 0.1) is 5.69 Å². The predicted octanol–water partition coefficient (Wildman–Crippen LogP) is 2.58. The first-order valence-corrected chi connectivity index (χ1v) is 5.00. The van der Waals surface area contributed by atoms with E-state index in [9.17, 15) is 0 Å². The van der Waals surface area contributed by atoms with Crippen molar-refractivity contribution in [2.24, 2.45) is 0 Å². The van der Waals surface area contributed by atoms with E-state index >= 15 is 0 Å². The van der Waals surface area contributed by atoms with Crippen molar-refractivity contribution in [1.29, 1.82) is 0 Å². The molecule has 0 saturated carbocycles. The van der Waals surface area contributed by atoms with Gasteiger partial charge < -0.3 is 5.32 Å². The van der Waals surface area contributed by atoms with E-state index in [1.165, 1.54) is 0 Å². The van der Waals surface area contributed by atoms with Crippen LogP contribution in [-0.4, -0.2) is 16.5 Å². The Hall–Kier alpha value is -1.90. The second-order valence-corrected chi connectivity index (χ2v) is 3.20. The molecule has 0 saturated heterocycles. The first-order chi connectivity index (χ1) is 7.40. The van der Waals surface area contributed by atoms with Gasteiger partial charge in [0.1, 0.15) is 0 Å². The molecule has 0 fully saturated rings. The summed E-state index contributed by atoms with van der Waals surface area (Å²) in [4.78, 5) is 8.39. The number of anilines is 1. The SMILES string of the molecule is CCNc1ccnc(-c2cccnc2)c1. The second-order valence-electron chi connectivity index (χ2n) is 3.20. The molecule has 15 heavy (non-hydrogen) atoms. The lowest BCUT2D eigenvalue weighted by molar-refractivity contribution is 1.20. The molecule has 3 heteroatoms. The van der Waals surface area contributed by atoms with Crippen molar-refractivity contribution < 1.29 is 0 Å². The number of rotatable bonds is 3. The van der Waals surface area contributed by atoms with Crippen LogP contribution in [0.3, 0.4) is 0 Å². The van der Waals surface area contributed by atoms with E-state index in [0.29, 0.717) is 0 Å². The van der Waals surface area contributed by atoms with Gasteiger partial charge in [-0.3, -0.25) is 9.97 Å². The fourth-order valence-corrected chi connectivity index (χ4v) is 1.42. The molecule has 0 amide bonds. The fourth-order valence-electron chi connectivity index (χ4n) is 1.42. The van der Waals surface area contributed by atoms with Crippen LogP contribution in [0.2, 0.25) is 0 Å². The van der Waals surface area contributed by atoms with Gasteiger partial charge >= 0.3 is 0 Å². The largest absolute Gasteiger partial charge is 0.385 e. The zero-order valence-corrected chi connectivity index (χ0v) is 8.64. The normalized spacial score (nSPS) is 9.93. The van der Waals surface area contributed by atoms with Gasteiger partial charge in [-0.15, -0.1) is 0 Å². The highest BCUT2D eigenvalue weighted by molar-refractivity contribution is 5.62. The van der Waals surface area contributed by atoms with E-state index in [1.807, 2.05) is 30.5 Å². The smallest absolute Gasteiger partial charge is 0.0737 e. The molecule has 0 bridgehead atoms. The van der Waals surface area contributed by atoms with Gasteiger partial charge in [0, 0.05) is 36.4 Å². The Kier molecular flexibility index (Phi) is 2.93. The molecule has 1 N–H and O–H groups in total. The molecule has 2 rings (SSSR count). The van der Waals surface area contributed by atoms with Crippen molar-refractivity contribution in [2.75, 3.05) is 11.9 Å². The molecule has 0 atom stereocenters. The van der Waals surface area contributed by atoms with Crippen LogP contribution in [0, 0.1) is 0 Å². The van der Waals surface area contributed by atoms with Gasteiger partial charge in [-0.05, 0) is 31.2 Å². The summed E-state index contributed by atoms with van der Waals surface area (Å²) in [6.07, 6.45) is 5.38. The summed E-state index contributed by atoms with van der Waals surface area (Å²) in [5.41, 5.74) is 3.07. The number of nitrogens with zero attached hydrogens (tertiary/aromatic N) is 2. The Morgan fingerprint density at radius 3 is 2.93 bits per heavy atom. The molecule has 0 aliphatic heterocycles. The summed E-state index contributed by atoms with van der Waals surface area (Å²) in [6.45, 7) is 2.99. The highest BCUT2D eigenvalue weighted by Gasteiger charge is 1.99. The molecule has 0 radical (unpaired) electrons. The van der Waals surface area contributed by atoms with E-state index in [-0.39, 0.29) is 0 Å². The van der Waals surface area contributed by atoms with Crippen molar-refractivity contribution in [3.8, 4) is 11.3 Å². The number of aromatic nitrogens is 2. The van der Waals surface area contributed by atoms with Gasteiger partial charge in [0.2, 0.25) is 0 Å². The number of hydrogen-bond acceptors (Lipinski definition) is 3. The number of hydrogen-bond donors (Lipinski definition) is 1. The maximum atomic E-state index is 4.31. The molecule has 2 aromatic heterocycles. The lowest BCUT2D eigenvalue weighted by Gasteiger charge is -2.05. The molecule has 3 nitrogen and oxygen atoms in total. The maximum Gasteiger partial charge on any atom is 0.0737 e. The van der Waals surface area contributed by atoms with Crippen LogP contribution in [0.4, 0.5) is 5.69 Å². The third-order valence-corrected chi connectivity index (χ3v) is 2.10. The first-order valence-electron chi connectivity index (χ1n) is 5.00. The molecular formula is C12H13N3. The molecule has 0 spiro atoms. The maximum absolute atomic E-state index is 4.31. The lowest BCUT2D eigenvalue weighted by Crippen LogP contribution is -1.96. The van der Waals surface area contributed by atoms with Crippen LogP contribution in [-0.2, 0) is 0 Å². The molecule has 0 aliphatic rings. The molecule has 76 valence electrons. The number of nitrogens with one attached hydrogen (secondary N) is 1.